The SMILES string of the molecule is COc1ccccc1[C@@H](C#N)N1CCO[C@H](C)C1. The van der Waals surface area contributed by atoms with Gasteiger partial charge in [-0.3, -0.25) is 4.90 Å². The quantitative estimate of drug-likeness (QED) is 0.818. The van der Waals surface area contributed by atoms with Gasteiger partial charge in [-0.1, -0.05) is 18.2 Å². The fraction of sp³-hybridized carbons (Fsp3) is 0.500. The molecule has 1 saturated heterocycles. The molecule has 1 heterocycles. The molecule has 96 valence electrons. The van der Waals surface area contributed by atoms with Crippen molar-refractivity contribution in [3.8, 4) is 11.8 Å². The van der Waals surface area contributed by atoms with Gasteiger partial charge in [0.2, 0.25) is 0 Å². The molecular formula is C14H18N2O2. The predicted octanol–water partition coefficient (Wildman–Crippen LogP) is 1.98. The topological polar surface area (TPSA) is 45.5 Å². The molecule has 2 rings (SSSR count). The lowest BCUT2D eigenvalue weighted by atomic mass is 10.0. The van der Waals surface area contributed by atoms with Gasteiger partial charge in [0, 0.05) is 18.7 Å². The number of nitriles is 1. The maximum atomic E-state index is 9.45. The molecule has 0 amide bonds. The monoisotopic (exact) mass is 246 g/mol. The van der Waals surface area contributed by atoms with Crippen LogP contribution in [0.25, 0.3) is 0 Å². The lowest BCUT2D eigenvalue weighted by molar-refractivity contribution is -0.0271. The highest BCUT2D eigenvalue weighted by Gasteiger charge is 2.27. The Morgan fingerprint density at radius 3 is 2.94 bits per heavy atom. The summed E-state index contributed by atoms with van der Waals surface area (Å²) in [6.07, 6.45) is 0.171. The van der Waals surface area contributed by atoms with Gasteiger partial charge >= 0.3 is 0 Å². The van der Waals surface area contributed by atoms with Crippen LogP contribution in [-0.2, 0) is 4.74 Å². The summed E-state index contributed by atoms with van der Waals surface area (Å²) in [5.74, 6) is 0.767. The summed E-state index contributed by atoms with van der Waals surface area (Å²) in [7, 11) is 1.63. The molecule has 1 aliphatic heterocycles. The number of rotatable bonds is 3. The second kappa shape index (κ2) is 5.85. The van der Waals surface area contributed by atoms with Crippen LogP contribution < -0.4 is 4.74 Å². The van der Waals surface area contributed by atoms with Crippen LogP contribution in [0.5, 0.6) is 5.75 Å². The molecule has 2 atom stereocenters. The minimum Gasteiger partial charge on any atom is -0.496 e. The molecule has 0 aliphatic carbocycles. The minimum absolute atomic E-state index is 0.171. The zero-order valence-electron chi connectivity index (χ0n) is 10.8. The third-order valence-electron chi connectivity index (χ3n) is 3.19. The Labute approximate surface area is 108 Å². The van der Waals surface area contributed by atoms with Crippen LogP contribution in [0.15, 0.2) is 24.3 Å². The number of methoxy groups -OCH3 is 1. The first kappa shape index (κ1) is 12.9. The Bertz CT molecular complexity index is 442. The van der Waals surface area contributed by atoms with Gasteiger partial charge in [0.05, 0.1) is 25.9 Å². The molecular weight excluding hydrogens is 228 g/mol. The van der Waals surface area contributed by atoms with E-state index in [4.69, 9.17) is 9.47 Å². The third-order valence-corrected chi connectivity index (χ3v) is 3.19. The van der Waals surface area contributed by atoms with Gasteiger partial charge in [-0.05, 0) is 13.0 Å². The lowest BCUT2D eigenvalue weighted by Gasteiger charge is -2.34. The number of benzene rings is 1. The standard InChI is InChI=1S/C14H18N2O2/c1-11-10-16(7-8-18-11)13(9-15)12-5-3-4-6-14(12)17-2/h3-6,11,13H,7-8,10H2,1-2H3/t11-,13-/m1/s1. The van der Waals surface area contributed by atoms with Crippen molar-refractivity contribution in [1.29, 1.82) is 5.26 Å². The molecule has 0 unspecified atom stereocenters. The van der Waals surface area contributed by atoms with Crippen molar-refractivity contribution >= 4 is 0 Å². The summed E-state index contributed by atoms with van der Waals surface area (Å²) in [4.78, 5) is 2.14. The van der Waals surface area contributed by atoms with Crippen molar-refractivity contribution in [3.05, 3.63) is 29.8 Å². The van der Waals surface area contributed by atoms with Crippen LogP contribution >= 0.6 is 0 Å². The second-order valence-electron chi connectivity index (χ2n) is 4.45. The maximum absolute atomic E-state index is 9.45. The van der Waals surface area contributed by atoms with Crippen molar-refractivity contribution in [1.82, 2.24) is 4.90 Å². The van der Waals surface area contributed by atoms with Crippen LogP contribution in [0.4, 0.5) is 0 Å². The van der Waals surface area contributed by atoms with Crippen molar-refractivity contribution in [2.45, 2.75) is 19.1 Å². The normalized spacial score (nSPS) is 22.2. The molecule has 0 spiro atoms. The van der Waals surface area contributed by atoms with E-state index in [2.05, 4.69) is 11.0 Å². The fourth-order valence-corrected chi connectivity index (χ4v) is 2.32. The molecule has 4 nitrogen and oxygen atoms in total. The van der Waals surface area contributed by atoms with Gasteiger partial charge in [-0.2, -0.15) is 5.26 Å². The second-order valence-corrected chi connectivity index (χ2v) is 4.45. The van der Waals surface area contributed by atoms with Crippen molar-refractivity contribution in [2.75, 3.05) is 26.8 Å². The smallest absolute Gasteiger partial charge is 0.127 e. The van der Waals surface area contributed by atoms with Gasteiger partial charge < -0.3 is 9.47 Å². The summed E-state index contributed by atoms with van der Waals surface area (Å²) in [6.45, 7) is 4.26. The first-order valence-corrected chi connectivity index (χ1v) is 6.14. The third kappa shape index (κ3) is 2.63. The molecule has 0 saturated carbocycles. The Balaban J connectivity index is 2.25. The van der Waals surface area contributed by atoms with Crippen molar-refractivity contribution in [3.63, 3.8) is 0 Å². The van der Waals surface area contributed by atoms with Gasteiger partial charge in [0.1, 0.15) is 11.8 Å². The van der Waals surface area contributed by atoms with Gasteiger partial charge in [0.25, 0.3) is 0 Å². The van der Waals surface area contributed by atoms with E-state index < -0.39 is 0 Å². The molecule has 0 N–H and O–H groups in total. The molecule has 1 aromatic carbocycles. The fourth-order valence-electron chi connectivity index (χ4n) is 2.32. The number of hydrogen-bond acceptors (Lipinski definition) is 4. The lowest BCUT2D eigenvalue weighted by Crippen LogP contribution is -2.42. The largest absolute Gasteiger partial charge is 0.496 e. The Hall–Kier alpha value is -1.57. The Morgan fingerprint density at radius 1 is 1.50 bits per heavy atom. The van der Waals surface area contributed by atoms with Crippen LogP contribution in [0.2, 0.25) is 0 Å². The summed E-state index contributed by atoms with van der Waals surface area (Å²) in [5.41, 5.74) is 0.927. The number of para-hydroxylation sites is 1. The Morgan fingerprint density at radius 2 is 2.28 bits per heavy atom. The van der Waals surface area contributed by atoms with Crippen molar-refractivity contribution < 1.29 is 9.47 Å². The predicted molar refractivity (Wildman–Crippen MR) is 68.3 cm³/mol. The van der Waals surface area contributed by atoms with Gasteiger partial charge in [-0.15, -0.1) is 0 Å². The van der Waals surface area contributed by atoms with E-state index in [9.17, 15) is 5.26 Å². The zero-order valence-corrected chi connectivity index (χ0v) is 10.8. The molecule has 0 radical (unpaired) electrons. The highest BCUT2D eigenvalue weighted by molar-refractivity contribution is 5.38. The number of morpholine rings is 1. The average molecular weight is 246 g/mol. The van der Waals surface area contributed by atoms with E-state index in [0.29, 0.717) is 6.61 Å². The van der Waals surface area contributed by atoms with Crippen molar-refractivity contribution in [2.24, 2.45) is 0 Å². The highest BCUT2D eigenvalue weighted by atomic mass is 16.5. The molecule has 1 fully saturated rings. The van der Waals surface area contributed by atoms with Crippen LogP contribution in [0, 0.1) is 11.3 Å². The molecule has 1 aromatic rings. The van der Waals surface area contributed by atoms with Gasteiger partial charge in [0.15, 0.2) is 0 Å². The number of ether oxygens (including phenoxy) is 2. The van der Waals surface area contributed by atoms with Gasteiger partial charge in [-0.25, -0.2) is 0 Å². The minimum atomic E-state index is -0.271. The summed E-state index contributed by atoms with van der Waals surface area (Å²) in [6, 6.07) is 9.80. The highest BCUT2D eigenvalue weighted by Crippen LogP contribution is 2.29. The van der Waals surface area contributed by atoms with E-state index in [1.54, 1.807) is 7.11 Å². The van der Waals surface area contributed by atoms with E-state index in [1.165, 1.54) is 0 Å². The first-order chi connectivity index (χ1) is 8.76. The summed E-state index contributed by atoms with van der Waals surface area (Å²) < 4.78 is 10.8. The van der Waals surface area contributed by atoms with E-state index in [1.807, 2.05) is 31.2 Å². The van der Waals surface area contributed by atoms with Crippen LogP contribution in [-0.4, -0.2) is 37.8 Å². The van der Waals surface area contributed by atoms with E-state index in [-0.39, 0.29) is 12.1 Å². The summed E-state index contributed by atoms with van der Waals surface area (Å²) in [5, 5.41) is 9.45. The van der Waals surface area contributed by atoms with Crippen LogP contribution in [0.3, 0.4) is 0 Å². The number of nitrogens with zero attached hydrogens (tertiary/aromatic N) is 2. The van der Waals surface area contributed by atoms with E-state index in [0.717, 1.165) is 24.4 Å². The summed E-state index contributed by atoms with van der Waals surface area (Å²) >= 11 is 0. The average Bonchev–Trinajstić information content (AvgIpc) is 2.40. The molecule has 18 heavy (non-hydrogen) atoms. The van der Waals surface area contributed by atoms with E-state index >= 15 is 0 Å². The molecule has 4 heteroatoms. The molecule has 0 bridgehead atoms. The maximum Gasteiger partial charge on any atom is 0.127 e. The molecule has 0 aromatic heterocycles. The first-order valence-electron chi connectivity index (χ1n) is 6.14. The number of hydrogen-bond donors (Lipinski definition) is 0. The van der Waals surface area contributed by atoms with Crippen LogP contribution in [0.1, 0.15) is 18.5 Å². The zero-order chi connectivity index (χ0) is 13.0. The Kier molecular flexibility index (Phi) is 4.19. The molecule has 1 aliphatic rings.